The minimum absolute atomic E-state index is 0.0621. The zero-order valence-electron chi connectivity index (χ0n) is 10.2. The molecule has 0 saturated heterocycles. The van der Waals surface area contributed by atoms with Gasteiger partial charge in [-0.3, -0.25) is 4.98 Å². The van der Waals surface area contributed by atoms with E-state index in [1.54, 1.807) is 6.20 Å². The summed E-state index contributed by atoms with van der Waals surface area (Å²) < 4.78 is 0. The summed E-state index contributed by atoms with van der Waals surface area (Å²) in [5.41, 5.74) is 3.38. The number of aromatic nitrogens is 3. The molecule has 2 N–H and O–H groups in total. The maximum Gasteiger partial charge on any atom is 0.356 e. The molecule has 5 heteroatoms. The Morgan fingerprint density at radius 3 is 2.89 bits per heavy atom. The first kappa shape index (κ1) is 11.4. The van der Waals surface area contributed by atoms with Gasteiger partial charge in [0.15, 0.2) is 5.69 Å². The molecule has 2 aromatic heterocycles. The van der Waals surface area contributed by atoms with Crippen LogP contribution in [0.15, 0.2) is 36.7 Å². The highest BCUT2D eigenvalue weighted by Gasteiger charge is 2.10. The fourth-order valence-corrected chi connectivity index (χ4v) is 2.04. The van der Waals surface area contributed by atoms with Crippen molar-refractivity contribution >= 4 is 16.9 Å². The first-order valence-electron chi connectivity index (χ1n) is 5.79. The number of fused-ring (bicyclic) bond motifs is 1. The molecule has 3 aromatic rings. The number of carboxylic acids is 1. The lowest BCUT2D eigenvalue weighted by atomic mass is 10.1. The zero-order valence-corrected chi connectivity index (χ0v) is 10.2. The van der Waals surface area contributed by atoms with Crippen molar-refractivity contribution in [3.63, 3.8) is 0 Å². The highest BCUT2D eigenvalue weighted by molar-refractivity contribution is 5.89. The number of aromatic amines is 1. The monoisotopic (exact) mass is 253 g/mol. The van der Waals surface area contributed by atoms with Crippen molar-refractivity contribution in [1.82, 2.24) is 15.0 Å². The van der Waals surface area contributed by atoms with Gasteiger partial charge in [-0.15, -0.1) is 0 Å². The third-order valence-electron chi connectivity index (χ3n) is 3.01. The summed E-state index contributed by atoms with van der Waals surface area (Å²) in [6.07, 6.45) is 2.78. The zero-order chi connectivity index (χ0) is 13.4. The lowest BCUT2D eigenvalue weighted by Gasteiger charge is -1.97. The van der Waals surface area contributed by atoms with Crippen LogP contribution in [-0.2, 0) is 0 Å². The molecule has 0 unspecified atom stereocenters. The van der Waals surface area contributed by atoms with Gasteiger partial charge in [-0.25, -0.2) is 9.78 Å². The predicted molar refractivity (Wildman–Crippen MR) is 71.0 cm³/mol. The molecule has 0 saturated carbocycles. The molecule has 3 rings (SSSR count). The Kier molecular flexibility index (Phi) is 2.52. The van der Waals surface area contributed by atoms with Crippen molar-refractivity contribution < 1.29 is 9.90 Å². The number of carboxylic acid groups (broad SMARTS) is 1. The van der Waals surface area contributed by atoms with Crippen molar-refractivity contribution in [1.29, 1.82) is 0 Å². The lowest BCUT2D eigenvalue weighted by Crippen LogP contribution is -2.01. The van der Waals surface area contributed by atoms with Gasteiger partial charge in [0, 0.05) is 10.9 Å². The number of aryl methyl sites for hydroxylation is 1. The van der Waals surface area contributed by atoms with Crippen molar-refractivity contribution in [3.05, 3.63) is 47.9 Å². The second-order valence-corrected chi connectivity index (χ2v) is 4.31. The number of hydrogen-bond acceptors (Lipinski definition) is 3. The van der Waals surface area contributed by atoms with Crippen LogP contribution in [0.2, 0.25) is 0 Å². The highest BCUT2D eigenvalue weighted by Crippen LogP contribution is 2.24. The Bertz CT molecular complexity index is 777. The third kappa shape index (κ3) is 1.95. The van der Waals surface area contributed by atoms with Crippen molar-refractivity contribution in [2.75, 3.05) is 0 Å². The quantitative estimate of drug-likeness (QED) is 0.735. The SMILES string of the molecule is Cc1cccc2[nH]c(-c3cncc(C(=O)O)n3)cc12. The molecule has 0 radical (unpaired) electrons. The van der Waals surface area contributed by atoms with Crippen LogP contribution in [0.1, 0.15) is 16.1 Å². The molecule has 2 heterocycles. The van der Waals surface area contributed by atoms with Gasteiger partial charge in [0.1, 0.15) is 5.69 Å². The van der Waals surface area contributed by atoms with E-state index in [0.717, 1.165) is 22.2 Å². The predicted octanol–water partition coefficient (Wildman–Crippen LogP) is 2.63. The average molecular weight is 253 g/mol. The van der Waals surface area contributed by atoms with Crippen molar-refractivity contribution in [2.45, 2.75) is 6.92 Å². The van der Waals surface area contributed by atoms with E-state index in [1.165, 1.54) is 6.20 Å². The molecule has 0 amide bonds. The van der Waals surface area contributed by atoms with Crippen LogP contribution in [0.5, 0.6) is 0 Å². The summed E-state index contributed by atoms with van der Waals surface area (Å²) in [7, 11) is 0. The van der Waals surface area contributed by atoms with Gasteiger partial charge in [0.05, 0.1) is 18.1 Å². The Morgan fingerprint density at radius 1 is 1.32 bits per heavy atom. The number of hydrogen-bond donors (Lipinski definition) is 2. The maximum atomic E-state index is 10.9. The van der Waals surface area contributed by atoms with Crippen LogP contribution in [0, 0.1) is 6.92 Å². The van der Waals surface area contributed by atoms with E-state index >= 15 is 0 Å². The molecule has 0 fully saturated rings. The number of carbonyl (C=O) groups is 1. The van der Waals surface area contributed by atoms with Gasteiger partial charge in [0.2, 0.25) is 0 Å². The van der Waals surface area contributed by atoms with Gasteiger partial charge < -0.3 is 10.1 Å². The van der Waals surface area contributed by atoms with Crippen LogP contribution < -0.4 is 0 Å². The molecule has 0 atom stereocenters. The second-order valence-electron chi connectivity index (χ2n) is 4.31. The van der Waals surface area contributed by atoms with Crippen LogP contribution in [-0.4, -0.2) is 26.0 Å². The van der Waals surface area contributed by atoms with E-state index in [4.69, 9.17) is 5.11 Å². The lowest BCUT2D eigenvalue weighted by molar-refractivity contribution is 0.0690. The maximum absolute atomic E-state index is 10.9. The van der Waals surface area contributed by atoms with E-state index in [0.29, 0.717) is 5.69 Å². The number of nitrogens with one attached hydrogen (secondary N) is 1. The summed E-state index contributed by atoms with van der Waals surface area (Å²) >= 11 is 0. The summed E-state index contributed by atoms with van der Waals surface area (Å²) in [5, 5.41) is 10.0. The molecular formula is C14H11N3O2. The molecule has 0 bridgehead atoms. The third-order valence-corrected chi connectivity index (χ3v) is 3.01. The first-order valence-corrected chi connectivity index (χ1v) is 5.79. The number of aromatic carboxylic acids is 1. The summed E-state index contributed by atoms with van der Waals surface area (Å²) in [6.45, 7) is 2.03. The standard InChI is InChI=1S/C14H11N3O2/c1-8-3-2-4-10-9(8)5-11(16-10)12-6-15-7-13(17-12)14(18)19/h2-7,16H,1H3,(H,18,19). The van der Waals surface area contributed by atoms with Gasteiger partial charge in [-0.05, 0) is 24.6 Å². The Hall–Kier alpha value is -2.69. The Balaban J connectivity index is 2.16. The summed E-state index contributed by atoms with van der Waals surface area (Å²) in [6, 6.07) is 7.93. The highest BCUT2D eigenvalue weighted by atomic mass is 16.4. The number of rotatable bonds is 2. The summed E-state index contributed by atoms with van der Waals surface area (Å²) in [4.78, 5) is 22.1. The molecule has 19 heavy (non-hydrogen) atoms. The molecule has 94 valence electrons. The number of benzene rings is 1. The Morgan fingerprint density at radius 2 is 2.16 bits per heavy atom. The number of nitrogens with zero attached hydrogens (tertiary/aromatic N) is 2. The first-order chi connectivity index (χ1) is 9.15. The van der Waals surface area contributed by atoms with Crippen LogP contribution in [0.3, 0.4) is 0 Å². The van der Waals surface area contributed by atoms with E-state index < -0.39 is 5.97 Å². The second kappa shape index (κ2) is 4.20. The average Bonchev–Trinajstić information content (AvgIpc) is 2.84. The molecule has 5 nitrogen and oxygen atoms in total. The molecule has 0 aliphatic carbocycles. The van der Waals surface area contributed by atoms with Gasteiger partial charge in [0.25, 0.3) is 0 Å². The molecule has 1 aromatic carbocycles. The van der Waals surface area contributed by atoms with Crippen LogP contribution >= 0.6 is 0 Å². The smallest absolute Gasteiger partial charge is 0.356 e. The van der Waals surface area contributed by atoms with E-state index in [2.05, 4.69) is 15.0 Å². The molecule has 0 spiro atoms. The molecular weight excluding hydrogens is 242 g/mol. The van der Waals surface area contributed by atoms with Crippen LogP contribution in [0.4, 0.5) is 0 Å². The van der Waals surface area contributed by atoms with Gasteiger partial charge in [-0.1, -0.05) is 12.1 Å². The van der Waals surface area contributed by atoms with Crippen molar-refractivity contribution in [3.8, 4) is 11.4 Å². The Labute approximate surface area is 109 Å². The van der Waals surface area contributed by atoms with Gasteiger partial charge >= 0.3 is 5.97 Å². The van der Waals surface area contributed by atoms with E-state index in [-0.39, 0.29) is 5.69 Å². The fraction of sp³-hybridized carbons (Fsp3) is 0.0714. The summed E-state index contributed by atoms with van der Waals surface area (Å²) in [5.74, 6) is -1.08. The number of H-pyrrole nitrogens is 1. The van der Waals surface area contributed by atoms with E-state index in [1.807, 2.05) is 31.2 Å². The largest absolute Gasteiger partial charge is 0.476 e. The molecule has 0 aliphatic heterocycles. The minimum Gasteiger partial charge on any atom is -0.476 e. The minimum atomic E-state index is -1.08. The van der Waals surface area contributed by atoms with Crippen molar-refractivity contribution in [2.24, 2.45) is 0 Å². The van der Waals surface area contributed by atoms with E-state index in [9.17, 15) is 4.79 Å². The normalized spacial score (nSPS) is 10.8. The topological polar surface area (TPSA) is 78.9 Å². The van der Waals surface area contributed by atoms with Crippen LogP contribution in [0.25, 0.3) is 22.3 Å². The fourth-order valence-electron chi connectivity index (χ4n) is 2.04. The molecule has 0 aliphatic rings. The van der Waals surface area contributed by atoms with Gasteiger partial charge in [-0.2, -0.15) is 0 Å².